The second-order valence-corrected chi connectivity index (χ2v) is 6.52. The van der Waals surface area contributed by atoms with Crippen molar-refractivity contribution in [2.45, 2.75) is 20.1 Å². The fourth-order valence-corrected chi connectivity index (χ4v) is 2.66. The summed E-state index contributed by atoms with van der Waals surface area (Å²) in [5.41, 5.74) is 4.24. The molecule has 3 aromatic rings. The fourth-order valence-electron chi connectivity index (χ4n) is 2.46. The summed E-state index contributed by atoms with van der Waals surface area (Å²) in [6, 6.07) is 22.3. The quantitative estimate of drug-likeness (QED) is 0.608. The SMILES string of the molecule is Cc1ccc(CNC(=S)c2cccc(OCc3ccc(F)cc3)c2)cc1. The lowest BCUT2D eigenvalue weighted by Crippen LogP contribution is -2.21. The molecule has 4 heteroatoms. The van der Waals surface area contributed by atoms with Crippen LogP contribution in [0, 0.1) is 12.7 Å². The van der Waals surface area contributed by atoms with Gasteiger partial charge in [0.15, 0.2) is 0 Å². The first kappa shape index (κ1) is 18.1. The van der Waals surface area contributed by atoms with Gasteiger partial charge in [0.25, 0.3) is 0 Å². The summed E-state index contributed by atoms with van der Waals surface area (Å²) in [5.74, 6) is 0.479. The van der Waals surface area contributed by atoms with E-state index in [-0.39, 0.29) is 5.82 Å². The summed E-state index contributed by atoms with van der Waals surface area (Å²) in [4.78, 5) is 0.679. The summed E-state index contributed by atoms with van der Waals surface area (Å²) in [6.07, 6.45) is 0. The molecule has 0 radical (unpaired) electrons. The molecule has 0 saturated carbocycles. The lowest BCUT2D eigenvalue weighted by molar-refractivity contribution is 0.306. The molecular formula is C22H20FNOS. The molecule has 2 nitrogen and oxygen atoms in total. The van der Waals surface area contributed by atoms with Gasteiger partial charge in [0.2, 0.25) is 0 Å². The number of hydrogen-bond donors (Lipinski definition) is 1. The van der Waals surface area contributed by atoms with Crippen molar-refractivity contribution < 1.29 is 9.13 Å². The molecule has 3 aromatic carbocycles. The van der Waals surface area contributed by atoms with Gasteiger partial charge < -0.3 is 10.1 Å². The van der Waals surface area contributed by atoms with Crippen LogP contribution in [0.4, 0.5) is 4.39 Å². The number of thiocarbonyl (C=S) groups is 1. The third-order valence-electron chi connectivity index (χ3n) is 3.99. The molecule has 0 aromatic heterocycles. The van der Waals surface area contributed by atoms with E-state index in [1.54, 1.807) is 12.1 Å². The van der Waals surface area contributed by atoms with Crippen LogP contribution in [0.3, 0.4) is 0 Å². The van der Waals surface area contributed by atoms with E-state index < -0.39 is 0 Å². The highest BCUT2D eigenvalue weighted by atomic mass is 32.1. The van der Waals surface area contributed by atoms with Crippen LogP contribution < -0.4 is 10.1 Å². The first-order chi connectivity index (χ1) is 12.6. The topological polar surface area (TPSA) is 21.3 Å². The van der Waals surface area contributed by atoms with Gasteiger partial charge in [-0.25, -0.2) is 4.39 Å². The van der Waals surface area contributed by atoms with Crippen LogP contribution in [0.5, 0.6) is 5.75 Å². The maximum Gasteiger partial charge on any atom is 0.123 e. The maximum absolute atomic E-state index is 12.9. The van der Waals surface area contributed by atoms with Gasteiger partial charge >= 0.3 is 0 Å². The summed E-state index contributed by atoms with van der Waals surface area (Å²) in [6.45, 7) is 3.13. The molecule has 0 aliphatic carbocycles. The van der Waals surface area contributed by atoms with Crippen molar-refractivity contribution in [1.29, 1.82) is 0 Å². The van der Waals surface area contributed by atoms with Gasteiger partial charge in [0, 0.05) is 12.1 Å². The Morgan fingerprint density at radius 2 is 1.65 bits per heavy atom. The van der Waals surface area contributed by atoms with Crippen molar-refractivity contribution in [3.8, 4) is 5.75 Å². The van der Waals surface area contributed by atoms with E-state index in [9.17, 15) is 4.39 Å². The molecule has 0 saturated heterocycles. The molecule has 0 bridgehead atoms. The molecule has 0 spiro atoms. The van der Waals surface area contributed by atoms with E-state index in [1.807, 2.05) is 24.3 Å². The number of aryl methyl sites for hydroxylation is 1. The number of hydrogen-bond acceptors (Lipinski definition) is 2. The minimum Gasteiger partial charge on any atom is -0.489 e. The number of halogens is 1. The summed E-state index contributed by atoms with van der Waals surface area (Å²) in [5, 5.41) is 3.28. The second kappa shape index (κ2) is 8.59. The van der Waals surface area contributed by atoms with Gasteiger partial charge in [-0.1, -0.05) is 66.3 Å². The lowest BCUT2D eigenvalue weighted by atomic mass is 10.1. The third-order valence-corrected chi connectivity index (χ3v) is 4.37. The van der Waals surface area contributed by atoms with Gasteiger partial charge in [-0.15, -0.1) is 0 Å². The van der Waals surface area contributed by atoms with Crippen LogP contribution in [0.2, 0.25) is 0 Å². The molecular weight excluding hydrogens is 345 g/mol. The van der Waals surface area contributed by atoms with E-state index in [2.05, 4.69) is 36.5 Å². The van der Waals surface area contributed by atoms with Crippen LogP contribution in [-0.2, 0) is 13.2 Å². The van der Waals surface area contributed by atoms with Crippen LogP contribution >= 0.6 is 12.2 Å². The van der Waals surface area contributed by atoms with Gasteiger partial charge in [0.05, 0.1) is 0 Å². The Hall–Kier alpha value is -2.72. The zero-order valence-electron chi connectivity index (χ0n) is 14.5. The molecule has 0 aliphatic heterocycles. The largest absolute Gasteiger partial charge is 0.489 e. The standard InChI is InChI=1S/C22H20FNOS/c1-16-5-7-17(8-6-16)14-24-22(26)19-3-2-4-21(13-19)25-15-18-9-11-20(23)12-10-18/h2-13H,14-15H2,1H3,(H,24,26). The first-order valence-corrected chi connectivity index (χ1v) is 8.82. The minimum absolute atomic E-state index is 0.249. The molecule has 0 fully saturated rings. The van der Waals surface area contributed by atoms with E-state index in [1.165, 1.54) is 23.3 Å². The molecule has 3 rings (SSSR count). The molecule has 0 unspecified atom stereocenters. The molecule has 1 N–H and O–H groups in total. The van der Waals surface area contributed by atoms with Gasteiger partial charge in [-0.3, -0.25) is 0 Å². The smallest absolute Gasteiger partial charge is 0.123 e. The Kier molecular flexibility index (Phi) is 5.97. The predicted octanol–water partition coefficient (Wildman–Crippen LogP) is 5.18. The number of ether oxygens (including phenoxy) is 1. The summed E-state index contributed by atoms with van der Waals surface area (Å²) < 4.78 is 18.7. The molecule has 0 amide bonds. The monoisotopic (exact) mass is 365 g/mol. The zero-order valence-corrected chi connectivity index (χ0v) is 15.4. The Bertz CT molecular complexity index is 875. The van der Waals surface area contributed by atoms with Crippen molar-refractivity contribution in [1.82, 2.24) is 5.32 Å². The van der Waals surface area contributed by atoms with Crippen molar-refractivity contribution >= 4 is 17.2 Å². The van der Waals surface area contributed by atoms with Crippen LogP contribution in [0.1, 0.15) is 22.3 Å². The normalized spacial score (nSPS) is 10.4. The zero-order chi connectivity index (χ0) is 18.4. The number of benzene rings is 3. The fraction of sp³-hybridized carbons (Fsp3) is 0.136. The maximum atomic E-state index is 12.9. The van der Waals surface area contributed by atoms with E-state index in [0.717, 1.165) is 16.9 Å². The predicted molar refractivity (Wildman–Crippen MR) is 107 cm³/mol. The average Bonchev–Trinajstić information content (AvgIpc) is 2.67. The molecule has 0 heterocycles. The highest BCUT2D eigenvalue weighted by Crippen LogP contribution is 2.16. The third kappa shape index (κ3) is 5.14. The number of nitrogens with one attached hydrogen (secondary N) is 1. The summed E-state index contributed by atoms with van der Waals surface area (Å²) >= 11 is 5.49. The second-order valence-electron chi connectivity index (χ2n) is 6.11. The highest BCUT2D eigenvalue weighted by molar-refractivity contribution is 7.80. The highest BCUT2D eigenvalue weighted by Gasteiger charge is 2.04. The van der Waals surface area contributed by atoms with Crippen molar-refractivity contribution in [3.63, 3.8) is 0 Å². The first-order valence-electron chi connectivity index (χ1n) is 8.41. The Morgan fingerprint density at radius 1 is 0.962 bits per heavy atom. The van der Waals surface area contributed by atoms with Gasteiger partial charge in [-0.2, -0.15) is 0 Å². The van der Waals surface area contributed by atoms with Crippen molar-refractivity contribution in [3.05, 3.63) is 101 Å². The molecule has 0 aliphatic rings. The van der Waals surface area contributed by atoms with Crippen LogP contribution in [-0.4, -0.2) is 4.99 Å². The van der Waals surface area contributed by atoms with Crippen molar-refractivity contribution in [2.75, 3.05) is 0 Å². The van der Waals surface area contributed by atoms with Gasteiger partial charge in [0.1, 0.15) is 23.2 Å². The number of rotatable bonds is 6. The lowest BCUT2D eigenvalue weighted by Gasteiger charge is -2.11. The summed E-state index contributed by atoms with van der Waals surface area (Å²) in [7, 11) is 0. The average molecular weight is 365 g/mol. The van der Waals surface area contributed by atoms with Gasteiger partial charge in [-0.05, 0) is 42.3 Å². The molecule has 132 valence electrons. The Balaban J connectivity index is 1.58. The van der Waals surface area contributed by atoms with Crippen LogP contribution in [0.25, 0.3) is 0 Å². The van der Waals surface area contributed by atoms with Crippen LogP contribution in [0.15, 0.2) is 72.8 Å². The Morgan fingerprint density at radius 3 is 2.38 bits per heavy atom. The molecule has 0 atom stereocenters. The van der Waals surface area contributed by atoms with Crippen molar-refractivity contribution in [2.24, 2.45) is 0 Å². The Labute approximate surface area is 158 Å². The van der Waals surface area contributed by atoms with E-state index in [4.69, 9.17) is 17.0 Å². The minimum atomic E-state index is -0.249. The van der Waals surface area contributed by atoms with E-state index in [0.29, 0.717) is 18.1 Å². The molecule has 26 heavy (non-hydrogen) atoms. The van der Waals surface area contributed by atoms with E-state index >= 15 is 0 Å².